The molecule has 1 aromatic rings. The maximum Gasteiger partial charge on any atom is 0.241 e. The van der Waals surface area contributed by atoms with E-state index in [0.717, 1.165) is 5.69 Å². The number of nitrogens with one attached hydrogen (secondary N) is 2. The molecule has 0 radical (unpaired) electrons. The fourth-order valence-electron chi connectivity index (χ4n) is 1.59. The molecule has 0 bridgehead atoms. The van der Waals surface area contributed by atoms with Gasteiger partial charge in [0.2, 0.25) is 11.8 Å². The zero-order chi connectivity index (χ0) is 14.8. The summed E-state index contributed by atoms with van der Waals surface area (Å²) in [4.78, 5) is 29.0. The van der Waals surface area contributed by atoms with Gasteiger partial charge in [-0.3, -0.25) is 14.6 Å². The first-order valence-corrected chi connectivity index (χ1v) is 6.68. The lowest BCUT2D eigenvalue weighted by Gasteiger charge is -2.17. The molecule has 0 aliphatic carbocycles. The highest BCUT2D eigenvalue weighted by atomic mass is 16.2. The van der Waals surface area contributed by atoms with E-state index in [2.05, 4.69) is 15.6 Å². The van der Waals surface area contributed by atoms with Crippen LogP contribution in [0, 0.1) is 0 Å². The van der Waals surface area contributed by atoms with Gasteiger partial charge in [0.05, 0.1) is 6.54 Å². The lowest BCUT2D eigenvalue weighted by atomic mass is 10.2. The van der Waals surface area contributed by atoms with Gasteiger partial charge in [-0.25, -0.2) is 0 Å². The van der Waals surface area contributed by atoms with E-state index in [1.54, 1.807) is 25.2 Å². The van der Waals surface area contributed by atoms with Crippen LogP contribution in [0.1, 0.15) is 12.1 Å². The first-order valence-electron chi connectivity index (χ1n) is 6.68. The van der Waals surface area contributed by atoms with Crippen molar-refractivity contribution in [1.29, 1.82) is 0 Å². The van der Waals surface area contributed by atoms with Crippen LogP contribution in [0.3, 0.4) is 0 Å². The fraction of sp³-hybridized carbons (Fsp3) is 0.500. The SMILES string of the molecule is CNCCC(=O)NCC(=O)N(C)CCc1ccccn1. The summed E-state index contributed by atoms with van der Waals surface area (Å²) in [6, 6.07) is 5.71. The molecular weight excluding hydrogens is 256 g/mol. The van der Waals surface area contributed by atoms with Gasteiger partial charge >= 0.3 is 0 Å². The van der Waals surface area contributed by atoms with Gasteiger partial charge in [-0.05, 0) is 19.2 Å². The molecular formula is C14H22N4O2. The average Bonchev–Trinajstić information content (AvgIpc) is 2.49. The van der Waals surface area contributed by atoms with Crippen LogP contribution in [-0.4, -0.2) is 55.4 Å². The molecule has 0 fully saturated rings. The summed E-state index contributed by atoms with van der Waals surface area (Å²) in [5.74, 6) is -0.218. The van der Waals surface area contributed by atoms with Gasteiger partial charge in [0.15, 0.2) is 0 Å². The van der Waals surface area contributed by atoms with Gasteiger partial charge in [0.1, 0.15) is 0 Å². The molecule has 2 amide bonds. The molecule has 0 saturated carbocycles. The second-order valence-electron chi connectivity index (χ2n) is 4.52. The molecule has 0 aliphatic heterocycles. The van der Waals surface area contributed by atoms with Gasteiger partial charge in [-0.2, -0.15) is 0 Å². The molecule has 110 valence electrons. The summed E-state index contributed by atoms with van der Waals surface area (Å²) in [5.41, 5.74) is 0.949. The van der Waals surface area contributed by atoms with Gasteiger partial charge in [0, 0.05) is 44.9 Å². The van der Waals surface area contributed by atoms with Crippen LogP contribution in [0.15, 0.2) is 24.4 Å². The quantitative estimate of drug-likeness (QED) is 0.691. The van der Waals surface area contributed by atoms with Crippen molar-refractivity contribution in [2.24, 2.45) is 0 Å². The second-order valence-corrected chi connectivity index (χ2v) is 4.52. The molecule has 20 heavy (non-hydrogen) atoms. The number of likely N-dealkylation sites (N-methyl/N-ethyl adjacent to an activating group) is 1. The van der Waals surface area contributed by atoms with Crippen LogP contribution < -0.4 is 10.6 Å². The number of pyridine rings is 1. The van der Waals surface area contributed by atoms with Gasteiger partial charge in [0.25, 0.3) is 0 Å². The molecule has 1 heterocycles. The zero-order valence-corrected chi connectivity index (χ0v) is 12.1. The van der Waals surface area contributed by atoms with Crippen molar-refractivity contribution in [2.45, 2.75) is 12.8 Å². The Hall–Kier alpha value is -1.95. The maximum absolute atomic E-state index is 11.8. The summed E-state index contributed by atoms with van der Waals surface area (Å²) in [6.07, 6.45) is 2.82. The third kappa shape index (κ3) is 6.29. The van der Waals surface area contributed by atoms with Crippen molar-refractivity contribution < 1.29 is 9.59 Å². The van der Waals surface area contributed by atoms with Gasteiger partial charge < -0.3 is 15.5 Å². The molecule has 2 N–H and O–H groups in total. The summed E-state index contributed by atoms with van der Waals surface area (Å²) in [6.45, 7) is 1.24. The van der Waals surface area contributed by atoms with Crippen molar-refractivity contribution in [3.8, 4) is 0 Å². The monoisotopic (exact) mass is 278 g/mol. The highest BCUT2D eigenvalue weighted by Crippen LogP contribution is 1.96. The number of carbonyl (C=O) groups is 2. The highest BCUT2D eigenvalue weighted by Gasteiger charge is 2.10. The van der Waals surface area contributed by atoms with E-state index in [4.69, 9.17) is 0 Å². The van der Waals surface area contributed by atoms with E-state index in [1.165, 1.54) is 0 Å². The fourth-order valence-corrected chi connectivity index (χ4v) is 1.59. The Labute approximate surface area is 119 Å². The maximum atomic E-state index is 11.8. The van der Waals surface area contributed by atoms with E-state index in [-0.39, 0.29) is 18.4 Å². The highest BCUT2D eigenvalue weighted by molar-refractivity contribution is 5.84. The molecule has 0 unspecified atom stereocenters. The van der Waals surface area contributed by atoms with Crippen molar-refractivity contribution in [3.05, 3.63) is 30.1 Å². The van der Waals surface area contributed by atoms with Crippen LogP contribution in [0.2, 0.25) is 0 Å². The molecule has 6 heteroatoms. The molecule has 1 aromatic heterocycles. The van der Waals surface area contributed by atoms with Gasteiger partial charge in [-0.15, -0.1) is 0 Å². The molecule has 0 saturated heterocycles. The topological polar surface area (TPSA) is 74.3 Å². The Morgan fingerprint density at radius 1 is 1.35 bits per heavy atom. The summed E-state index contributed by atoms with van der Waals surface area (Å²) in [7, 11) is 3.51. The Bertz CT molecular complexity index is 422. The lowest BCUT2D eigenvalue weighted by molar-refractivity contribution is -0.131. The minimum absolute atomic E-state index is 0.0429. The standard InChI is InChI=1S/C14H22N4O2/c1-15-9-6-13(19)17-11-14(20)18(2)10-7-12-5-3-4-8-16-12/h3-5,8,15H,6-7,9-11H2,1-2H3,(H,17,19). The third-order valence-electron chi connectivity index (χ3n) is 2.89. The van der Waals surface area contributed by atoms with Crippen molar-refractivity contribution in [2.75, 3.05) is 33.7 Å². The third-order valence-corrected chi connectivity index (χ3v) is 2.89. The van der Waals surface area contributed by atoms with Crippen molar-refractivity contribution in [1.82, 2.24) is 20.5 Å². The van der Waals surface area contributed by atoms with E-state index < -0.39 is 0 Å². The summed E-state index contributed by atoms with van der Waals surface area (Å²) < 4.78 is 0. The minimum atomic E-state index is -0.120. The molecule has 0 aliphatic rings. The lowest BCUT2D eigenvalue weighted by Crippen LogP contribution is -2.39. The van der Waals surface area contributed by atoms with Crippen molar-refractivity contribution in [3.63, 3.8) is 0 Å². The van der Waals surface area contributed by atoms with E-state index in [0.29, 0.717) is 25.9 Å². The normalized spacial score (nSPS) is 10.1. The Kier molecular flexibility index (Phi) is 7.27. The molecule has 0 atom stereocenters. The summed E-state index contributed by atoms with van der Waals surface area (Å²) in [5, 5.41) is 5.49. The van der Waals surface area contributed by atoms with Crippen LogP contribution in [0.5, 0.6) is 0 Å². The average molecular weight is 278 g/mol. The van der Waals surface area contributed by atoms with Crippen LogP contribution in [-0.2, 0) is 16.0 Å². The second kappa shape index (κ2) is 9.03. The minimum Gasteiger partial charge on any atom is -0.347 e. The molecule has 0 aromatic carbocycles. The summed E-state index contributed by atoms with van der Waals surface area (Å²) >= 11 is 0. The largest absolute Gasteiger partial charge is 0.347 e. The predicted octanol–water partition coefficient (Wildman–Crippen LogP) is -0.192. The Balaban J connectivity index is 2.24. The molecule has 6 nitrogen and oxygen atoms in total. The number of carbonyl (C=O) groups excluding carboxylic acids is 2. The number of hydrogen-bond donors (Lipinski definition) is 2. The number of aromatic nitrogens is 1. The Morgan fingerprint density at radius 2 is 2.15 bits per heavy atom. The van der Waals surface area contributed by atoms with E-state index >= 15 is 0 Å². The van der Waals surface area contributed by atoms with Crippen molar-refractivity contribution >= 4 is 11.8 Å². The van der Waals surface area contributed by atoms with E-state index in [9.17, 15) is 9.59 Å². The number of nitrogens with zero attached hydrogens (tertiary/aromatic N) is 2. The number of rotatable bonds is 8. The first-order chi connectivity index (χ1) is 9.63. The predicted molar refractivity (Wildman–Crippen MR) is 77.1 cm³/mol. The number of hydrogen-bond acceptors (Lipinski definition) is 4. The molecule has 0 spiro atoms. The first kappa shape index (κ1) is 16.1. The zero-order valence-electron chi connectivity index (χ0n) is 12.1. The van der Waals surface area contributed by atoms with Gasteiger partial charge in [-0.1, -0.05) is 6.07 Å². The smallest absolute Gasteiger partial charge is 0.241 e. The van der Waals surface area contributed by atoms with E-state index in [1.807, 2.05) is 18.2 Å². The molecule has 1 rings (SSSR count). The Morgan fingerprint density at radius 3 is 2.80 bits per heavy atom. The van der Waals surface area contributed by atoms with Crippen LogP contribution in [0.4, 0.5) is 0 Å². The van der Waals surface area contributed by atoms with Crippen LogP contribution >= 0.6 is 0 Å². The number of amides is 2. The van der Waals surface area contributed by atoms with Crippen LogP contribution in [0.25, 0.3) is 0 Å².